The van der Waals surface area contributed by atoms with E-state index in [4.69, 9.17) is 16.3 Å². The molecule has 0 fully saturated rings. The molecule has 9 nitrogen and oxygen atoms in total. The molecule has 0 spiro atoms. The number of halogens is 1. The summed E-state index contributed by atoms with van der Waals surface area (Å²) in [6, 6.07) is 14.6. The van der Waals surface area contributed by atoms with Gasteiger partial charge in [0.15, 0.2) is 11.2 Å². The second-order valence-electron chi connectivity index (χ2n) is 6.79. The quantitative estimate of drug-likeness (QED) is 0.355. The van der Waals surface area contributed by atoms with Crippen LogP contribution in [0.2, 0.25) is 5.02 Å². The Balaban J connectivity index is 1.74. The zero-order valence-electron chi connectivity index (χ0n) is 16.8. The van der Waals surface area contributed by atoms with E-state index in [0.717, 1.165) is 16.9 Å². The van der Waals surface area contributed by atoms with E-state index in [9.17, 15) is 9.59 Å². The molecule has 0 aliphatic rings. The van der Waals surface area contributed by atoms with Gasteiger partial charge in [-0.05, 0) is 47.5 Å². The molecule has 0 aliphatic heterocycles. The molecule has 0 saturated carbocycles. The summed E-state index contributed by atoms with van der Waals surface area (Å²) in [5, 5.41) is 4.82. The van der Waals surface area contributed by atoms with Gasteiger partial charge < -0.3 is 4.74 Å². The SMILES string of the molecule is COc1ccc(/C=N\Nc2nc3c(c(=O)[nH]c(=O)n3C)n2Cc2cccc(Cl)c2)cc1. The topological polar surface area (TPSA) is 106 Å². The van der Waals surface area contributed by atoms with Crippen molar-refractivity contribution in [3.8, 4) is 5.75 Å². The molecule has 2 aromatic carbocycles. The Morgan fingerprint density at radius 3 is 2.71 bits per heavy atom. The number of benzene rings is 2. The van der Waals surface area contributed by atoms with Crippen LogP contribution in [-0.4, -0.2) is 32.4 Å². The largest absolute Gasteiger partial charge is 0.497 e. The molecule has 0 radical (unpaired) electrons. The molecule has 4 aromatic rings. The third-order valence-electron chi connectivity index (χ3n) is 4.73. The number of anilines is 1. The Morgan fingerprint density at radius 1 is 1.23 bits per heavy atom. The van der Waals surface area contributed by atoms with Crippen molar-refractivity contribution in [2.75, 3.05) is 12.5 Å². The maximum Gasteiger partial charge on any atom is 0.329 e. The number of rotatable bonds is 6. The molecule has 0 unspecified atom stereocenters. The van der Waals surface area contributed by atoms with Crippen molar-refractivity contribution in [1.82, 2.24) is 19.1 Å². The fraction of sp³-hybridized carbons (Fsp3) is 0.143. The first-order chi connectivity index (χ1) is 15.0. The fourth-order valence-electron chi connectivity index (χ4n) is 3.15. The van der Waals surface area contributed by atoms with Gasteiger partial charge in [-0.2, -0.15) is 10.1 Å². The molecule has 2 aromatic heterocycles. The van der Waals surface area contributed by atoms with Gasteiger partial charge in [0.2, 0.25) is 5.95 Å². The van der Waals surface area contributed by atoms with E-state index in [0.29, 0.717) is 17.5 Å². The van der Waals surface area contributed by atoms with Crippen LogP contribution in [0.1, 0.15) is 11.1 Å². The number of aromatic nitrogens is 4. The number of H-pyrrole nitrogens is 1. The smallest absolute Gasteiger partial charge is 0.329 e. The van der Waals surface area contributed by atoms with Gasteiger partial charge in [0.25, 0.3) is 5.56 Å². The van der Waals surface area contributed by atoms with Gasteiger partial charge in [0.05, 0.1) is 19.9 Å². The molecule has 0 amide bonds. The van der Waals surface area contributed by atoms with Crippen molar-refractivity contribution in [1.29, 1.82) is 0 Å². The Bertz CT molecular complexity index is 1390. The minimum Gasteiger partial charge on any atom is -0.497 e. The lowest BCUT2D eigenvalue weighted by atomic mass is 10.2. The zero-order chi connectivity index (χ0) is 22.0. The number of hydrazone groups is 1. The summed E-state index contributed by atoms with van der Waals surface area (Å²) in [6.07, 6.45) is 1.62. The molecule has 10 heteroatoms. The first kappa shape index (κ1) is 20.4. The van der Waals surface area contributed by atoms with Crippen LogP contribution in [0.4, 0.5) is 5.95 Å². The highest BCUT2D eigenvalue weighted by molar-refractivity contribution is 6.30. The summed E-state index contributed by atoms with van der Waals surface area (Å²) in [7, 11) is 3.14. The summed E-state index contributed by atoms with van der Waals surface area (Å²) < 4.78 is 8.08. The van der Waals surface area contributed by atoms with Crippen LogP contribution >= 0.6 is 11.6 Å². The normalized spacial score (nSPS) is 11.3. The highest BCUT2D eigenvalue weighted by Crippen LogP contribution is 2.19. The lowest BCUT2D eigenvalue weighted by Gasteiger charge is -2.08. The van der Waals surface area contributed by atoms with Crippen LogP contribution in [0.15, 0.2) is 63.2 Å². The molecule has 0 atom stereocenters. The average Bonchev–Trinajstić information content (AvgIpc) is 3.11. The van der Waals surface area contributed by atoms with Crippen molar-refractivity contribution < 1.29 is 4.74 Å². The number of methoxy groups -OCH3 is 1. The molecular formula is C21H19ClN6O3. The molecule has 2 heterocycles. The number of hydrogen-bond donors (Lipinski definition) is 2. The van der Waals surface area contributed by atoms with Gasteiger partial charge in [0, 0.05) is 12.1 Å². The Hall–Kier alpha value is -3.85. The van der Waals surface area contributed by atoms with Crippen LogP contribution in [-0.2, 0) is 13.6 Å². The molecule has 4 rings (SSSR count). The predicted octanol–water partition coefficient (Wildman–Crippen LogP) is 2.58. The fourth-order valence-corrected chi connectivity index (χ4v) is 3.36. The zero-order valence-corrected chi connectivity index (χ0v) is 17.6. The number of hydrogen-bond acceptors (Lipinski definition) is 6. The van der Waals surface area contributed by atoms with Crippen LogP contribution in [0, 0.1) is 0 Å². The molecule has 0 aliphatic carbocycles. The van der Waals surface area contributed by atoms with E-state index >= 15 is 0 Å². The number of nitrogens with zero attached hydrogens (tertiary/aromatic N) is 4. The van der Waals surface area contributed by atoms with E-state index in [1.807, 2.05) is 36.4 Å². The summed E-state index contributed by atoms with van der Waals surface area (Å²) in [5.41, 5.74) is 4.01. The van der Waals surface area contributed by atoms with E-state index in [-0.39, 0.29) is 11.2 Å². The molecule has 2 N–H and O–H groups in total. The third kappa shape index (κ3) is 4.22. The van der Waals surface area contributed by atoms with Gasteiger partial charge in [-0.25, -0.2) is 10.2 Å². The number of imidazole rings is 1. The minimum absolute atomic E-state index is 0.248. The number of ether oxygens (including phenoxy) is 1. The Labute approximate surface area is 181 Å². The first-order valence-corrected chi connectivity index (χ1v) is 9.71. The van der Waals surface area contributed by atoms with Crippen molar-refractivity contribution in [3.05, 3.63) is 85.5 Å². The van der Waals surface area contributed by atoms with Crippen molar-refractivity contribution >= 4 is 34.9 Å². The highest BCUT2D eigenvalue weighted by atomic mass is 35.5. The van der Waals surface area contributed by atoms with Crippen molar-refractivity contribution in [3.63, 3.8) is 0 Å². The monoisotopic (exact) mass is 438 g/mol. The highest BCUT2D eigenvalue weighted by Gasteiger charge is 2.17. The average molecular weight is 439 g/mol. The van der Waals surface area contributed by atoms with Gasteiger partial charge in [-0.3, -0.25) is 18.9 Å². The Morgan fingerprint density at radius 2 is 2.00 bits per heavy atom. The maximum absolute atomic E-state index is 12.6. The summed E-state index contributed by atoms with van der Waals surface area (Å²) in [6.45, 7) is 0.304. The number of aryl methyl sites for hydroxylation is 1. The molecule has 31 heavy (non-hydrogen) atoms. The Kier molecular flexibility index (Phi) is 5.59. The predicted molar refractivity (Wildman–Crippen MR) is 120 cm³/mol. The van der Waals surface area contributed by atoms with Gasteiger partial charge in [-0.15, -0.1) is 0 Å². The second-order valence-corrected chi connectivity index (χ2v) is 7.22. The lowest BCUT2D eigenvalue weighted by molar-refractivity contribution is 0.415. The molecule has 0 bridgehead atoms. The second kappa shape index (κ2) is 8.49. The number of aromatic amines is 1. The van der Waals surface area contributed by atoms with E-state index < -0.39 is 11.2 Å². The number of nitrogens with one attached hydrogen (secondary N) is 2. The lowest BCUT2D eigenvalue weighted by Crippen LogP contribution is -2.29. The molecular weight excluding hydrogens is 420 g/mol. The van der Waals surface area contributed by atoms with Crippen LogP contribution in [0.3, 0.4) is 0 Å². The van der Waals surface area contributed by atoms with Gasteiger partial charge in [-0.1, -0.05) is 23.7 Å². The standard InChI is InChI=1S/C21H19ClN6O3/c1-27-18-17(19(29)25-21(27)30)28(12-14-4-3-5-15(22)10-14)20(24-18)26-23-11-13-6-8-16(31-2)9-7-13/h3-11H,12H2,1-2H3,(H,24,26)(H,25,29,30)/b23-11-. The van der Waals surface area contributed by atoms with Crippen LogP contribution in [0.5, 0.6) is 5.75 Å². The van der Waals surface area contributed by atoms with E-state index in [1.165, 1.54) is 4.57 Å². The van der Waals surface area contributed by atoms with Crippen LogP contribution in [0.25, 0.3) is 11.2 Å². The third-order valence-corrected chi connectivity index (χ3v) is 4.97. The van der Waals surface area contributed by atoms with E-state index in [2.05, 4.69) is 20.5 Å². The van der Waals surface area contributed by atoms with Crippen molar-refractivity contribution in [2.45, 2.75) is 6.54 Å². The minimum atomic E-state index is -0.543. The van der Waals surface area contributed by atoms with Gasteiger partial charge in [0.1, 0.15) is 5.75 Å². The van der Waals surface area contributed by atoms with E-state index in [1.54, 1.807) is 37.1 Å². The maximum atomic E-state index is 12.6. The van der Waals surface area contributed by atoms with Gasteiger partial charge >= 0.3 is 5.69 Å². The number of fused-ring (bicyclic) bond motifs is 1. The summed E-state index contributed by atoms with van der Waals surface area (Å²) >= 11 is 6.11. The molecule has 158 valence electrons. The van der Waals surface area contributed by atoms with Crippen molar-refractivity contribution in [2.24, 2.45) is 12.1 Å². The first-order valence-electron chi connectivity index (χ1n) is 9.33. The molecule has 0 saturated heterocycles. The summed E-state index contributed by atoms with van der Waals surface area (Å²) in [4.78, 5) is 31.3. The van der Waals surface area contributed by atoms with Crippen LogP contribution < -0.4 is 21.4 Å². The summed E-state index contributed by atoms with van der Waals surface area (Å²) in [5.74, 6) is 1.06.